The van der Waals surface area contributed by atoms with Gasteiger partial charge in [0.1, 0.15) is 0 Å². The van der Waals surface area contributed by atoms with Crippen LogP contribution >= 0.6 is 0 Å². The fourth-order valence-corrected chi connectivity index (χ4v) is 3.65. The third kappa shape index (κ3) is 4.55. The number of hydrogen-bond donors (Lipinski definition) is 1. The summed E-state index contributed by atoms with van der Waals surface area (Å²) in [5.74, 6) is 0.477. The topological polar surface area (TPSA) is 98.9 Å². The summed E-state index contributed by atoms with van der Waals surface area (Å²) >= 11 is 0. The predicted molar refractivity (Wildman–Crippen MR) is 106 cm³/mol. The van der Waals surface area contributed by atoms with Crippen molar-refractivity contribution in [1.82, 2.24) is 24.3 Å². The summed E-state index contributed by atoms with van der Waals surface area (Å²) in [4.78, 5) is 12.2. The molecule has 148 valence electrons. The van der Waals surface area contributed by atoms with Crippen LogP contribution < -0.4 is 10.3 Å². The zero-order valence-electron chi connectivity index (χ0n) is 16.0. The highest BCUT2D eigenvalue weighted by Gasteiger charge is 2.17. The van der Waals surface area contributed by atoms with E-state index in [4.69, 9.17) is 0 Å². The van der Waals surface area contributed by atoms with E-state index < -0.39 is 10.0 Å². The molecule has 0 unspecified atom stereocenters. The monoisotopic (exact) mass is 401 g/mol. The molecule has 0 fully saturated rings. The van der Waals surface area contributed by atoms with Crippen LogP contribution in [0.3, 0.4) is 0 Å². The smallest absolute Gasteiger partial charge is 0.266 e. The highest BCUT2D eigenvalue weighted by Crippen LogP contribution is 2.23. The minimum atomic E-state index is -3.67. The van der Waals surface area contributed by atoms with Crippen LogP contribution in [0.4, 0.5) is 0 Å². The van der Waals surface area contributed by atoms with E-state index in [2.05, 4.69) is 35.7 Å². The van der Waals surface area contributed by atoms with Gasteiger partial charge in [0, 0.05) is 25.0 Å². The molecule has 0 aliphatic rings. The van der Waals surface area contributed by atoms with Gasteiger partial charge in [-0.2, -0.15) is 5.10 Å². The fourth-order valence-electron chi connectivity index (χ4n) is 2.63. The van der Waals surface area contributed by atoms with E-state index in [9.17, 15) is 13.2 Å². The van der Waals surface area contributed by atoms with Crippen LogP contribution in [-0.2, 0) is 22.0 Å². The number of nitrogens with zero attached hydrogens (tertiary/aromatic N) is 4. The first-order chi connectivity index (χ1) is 13.2. The highest BCUT2D eigenvalue weighted by atomic mass is 32.2. The van der Waals surface area contributed by atoms with Crippen molar-refractivity contribution in [2.45, 2.75) is 37.6 Å². The quantitative estimate of drug-likeness (QED) is 0.678. The zero-order chi connectivity index (χ0) is 20.4. The molecular formula is C19H23N5O3S. The molecule has 3 aromatic rings. The molecule has 8 nitrogen and oxygen atoms in total. The van der Waals surface area contributed by atoms with Crippen LogP contribution in [0.1, 0.15) is 26.3 Å². The summed E-state index contributed by atoms with van der Waals surface area (Å²) < 4.78 is 30.2. The summed E-state index contributed by atoms with van der Waals surface area (Å²) in [6.45, 7) is 6.34. The third-order valence-electron chi connectivity index (χ3n) is 4.24. The Hall–Kier alpha value is -2.78. The lowest BCUT2D eigenvalue weighted by Crippen LogP contribution is -2.32. The molecule has 0 amide bonds. The normalized spacial score (nSPS) is 12.2. The number of sulfonamides is 1. The molecule has 0 spiro atoms. The minimum absolute atomic E-state index is 0.0405. The van der Waals surface area contributed by atoms with Crippen LogP contribution in [0.5, 0.6) is 0 Å². The molecule has 0 radical (unpaired) electrons. The van der Waals surface area contributed by atoms with Gasteiger partial charge in [0.05, 0.1) is 11.4 Å². The second-order valence-electron chi connectivity index (χ2n) is 7.38. The molecule has 2 heterocycles. The fraction of sp³-hybridized carbons (Fsp3) is 0.316. The molecule has 0 aliphatic carbocycles. The van der Waals surface area contributed by atoms with Gasteiger partial charge < -0.3 is 0 Å². The van der Waals surface area contributed by atoms with Crippen molar-refractivity contribution in [2.75, 3.05) is 6.54 Å². The summed E-state index contributed by atoms with van der Waals surface area (Å²) in [6.07, 6.45) is 3.32. The Morgan fingerprint density at radius 2 is 1.79 bits per heavy atom. The molecule has 3 rings (SSSR count). The van der Waals surface area contributed by atoms with Crippen molar-refractivity contribution in [2.24, 2.45) is 0 Å². The van der Waals surface area contributed by atoms with Crippen molar-refractivity contribution in [3.63, 3.8) is 0 Å². The first-order valence-corrected chi connectivity index (χ1v) is 10.3. The summed E-state index contributed by atoms with van der Waals surface area (Å²) in [6, 6.07) is 11.5. The maximum absolute atomic E-state index is 12.5. The van der Waals surface area contributed by atoms with Crippen LogP contribution in [0, 0.1) is 0 Å². The van der Waals surface area contributed by atoms with Gasteiger partial charge in [-0.05, 0) is 35.2 Å². The van der Waals surface area contributed by atoms with E-state index in [1.165, 1.54) is 15.4 Å². The summed E-state index contributed by atoms with van der Waals surface area (Å²) in [7, 11) is -3.67. The second-order valence-corrected chi connectivity index (χ2v) is 9.14. The van der Waals surface area contributed by atoms with Gasteiger partial charge >= 0.3 is 0 Å². The van der Waals surface area contributed by atoms with Gasteiger partial charge in [-0.15, -0.1) is 5.10 Å². The molecule has 0 saturated heterocycles. The largest absolute Gasteiger partial charge is 0.268 e. The Balaban J connectivity index is 1.69. The Bertz CT molecular complexity index is 1100. The van der Waals surface area contributed by atoms with Gasteiger partial charge in [0.25, 0.3) is 5.56 Å². The van der Waals surface area contributed by atoms with Crippen molar-refractivity contribution in [1.29, 1.82) is 0 Å². The maximum atomic E-state index is 12.5. The van der Waals surface area contributed by atoms with Gasteiger partial charge in [0.15, 0.2) is 5.82 Å². The molecule has 1 aromatic carbocycles. The molecule has 9 heteroatoms. The van der Waals surface area contributed by atoms with Gasteiger partial charge in [0.2, 0.25) is 10.0 Å². The number of rotatable bonds is 6. The number of benzene rings is 1. The first kappa shape index (κ1) is 20.0. The lowest BCUT2D eigenvalue weighted by molar-refractivity contribution is 0.541. The van der Waals surface area contributed by atoms with Crippen molar-refractivity contribution in [3.05, 3.63) is 70.8 Å². The van der Waals surface area contributed by atoms with Crippen molar-refractivity contribution in [3.8, 4) is 5.82 Å². The zero-order valence-corrected chi connectivity index (χ0v) is 16.8. The van der Waals surface area contributed by atoms with Crippen molar-refractivity contribution < 1.29 is 8.42 Å². The van der Waals surface area contributed by atoms with Gasteiger partial charge in [-0.1, -0.05) is 32.9 Å². The van der Waals surface area contributed by atoms with Crippen molar-refractivity contribution >= 4 is 10.0 Å². The Labute approximate surface area is 163 Å². The highest BCUT2D eigenvalue weighted by molar-refractivity contribution is 7.89. The van der Waals surface area contributed by atoms with E-state index in [0.717, 1.165) is 5.56 Å². The molecule has 0 bridgehead atoms. The third-order valence-corrected chi connectivity index (χ3v) is 5.71. The van der Waals surface area contributed by atoms with Gasteiger partial charge in [-0.25, -0.2) is 22.5 Å². The molecule has 0 saturated carbocycles. The Kier molecular flexibility index (Phi) is 5.48. The molecule has 1 N–H and O–H groups in total. The second kappa shape index (κ2) is 7.69. The number of nitrogens with one attached hydrogen (secondary N) is 1. The van der Waals surface area contributed by atoms with E-state index in [1.54, 1.807) is 36.7 Å². The Morgan fingerprint density at radius 3 is 2.39 bits per heavy atom. The predicted octanol–water partition coefficient (Wildman–Crippen LogP) is 1.70. The lowest BCUT2D eigenvalue weighted by atomic mass is 9.87. The minimum Gasteiger partial charge on any atom is -0.268 e. The van der Waals surface area contributed by atoms with Crippen LogP contribution in [0.2, 0.25) is 0 Å². The van der Waals surface area contributed by atoms with Crippen LogP contribution in [-0.4, -0.2) is 34.5 Å². The van der Waals surface area contributed by atoms with E-state index >= 15 is 0 Å². The lowest BCUT2D eigenvalue weighted by Gasteiger charge is -2.19. The van der Waals surface area contributed by atoms with Crippen LogP contribution in [0.25, 0.3) is 5.82 Å². The van der Waals surface area contributed by atoms with E-state index in [0.29, 0.717) is 5.82 Å². The Morgan fingerprint density at radius 1 is 1.07 bits per heavy atom. The van der Waals surface area contributed by atoms with Gasteiger partial charge in [-0.3, -0.25) is 4.79 Å². The van der Waals surface area contributed by atoms with E-state index in [1.807, 2.05) is 12.1 Å². The standard InChI is InChI=1S/C19H23N5O3S/c1-19(2,3)15-5-7-16(8-6-15)28(26,27)21-12-14-24-18(25)10-9-17(22-24)23-13-4-11-20-23/h4-11,13,21H,12,14H2,1-3H3. The van der Waals surface area contributed by atoms with E-state index in [-0.39, 0.29) is 29.0 Å². The number of hydrogen-bond acceptors (Lipinski definition) is 5. The maximum Gasteiger partial charge on any atom is 0.266 e. The summed E-state index contributed by atoms with van der Waals surface area (Å²) in [5, 5.41) is 8.28. The average molecular weight is 401 g/mol. The molecule has 2 aromatic heterocycles. The number of aromatic nitrogens is 4. The molecule has 0 atom stereocenters. The SMILES string of the molecule is CC(C)(C)c1ccc(S(=O)(=O)NCCn2nc(-n3cccn3)ccc2=O)cc1. The summed E-state index contributed by atoms with van der Waals surface area (Å²) in [5.41, 5.74) is 0.685. The first-order valence-electron chi connectivity index (χ1n) is 8.85. The molecule has 0 aliphatic heterocycles. The average Bonchev–Trinajstić information content (AvgIpc) is 3.17. The molecule has 28 heavy (non-hydrogen) atoms. The molecular weight excluding hydrogens is 378 g/mol. The van der Waals surface area contributed by atoms with Crippen LogP contribution in [0.15, 0.2) is 64.5 Å².